The summed E-state index contributed by atoms with van der Waals surface area (Å²) in [5.74, 6) is 1.21. The van der Waals surface area contributed by atoms with Gasteiger partial charge in [-0.15, -0.1) is 0 Å². The summed E-state index contributed by atoms with van der Waals surface area (Å²) in [6, 6.07) is 73.6. The largest absolute Gasteiger partial charge is 0.288 e. The molecule has 0 saturated heterocycles. The number of Topliss-reactive ketones (excluding diaryl/α,β-unsaturated/α-hetero) is 2. The van der Waals surface area contributed by atoms with Gasteiger partial charge in [0.25, 0.3) is 0 Å². The van der Waals surface area contributed by atoms with Crippen molar-refractivity contribution < 1.29 is 9.59 Å². The molecule has 0 spiro atoms. The Hall–Kier alpha value is -9.00. The van der Waals surface area contributed by atoms with Crippen LogP contribution in [0.1, 0.15) is 20.7 Å². The van der Waals surface area contributed by atoms with E-state index in [0.29, 0.717) is 28.6 Å². The number of benzene rings is 9. The summed E-state index contributed by atoms with van der Waals surface area (Å²) in [7, 11) is 0. The van der Waals surface area contributed by atoms with E-state index in [9.17, 15) is 9.59 Å². The number of aromatic nitrogens is 2. The van der Waals surface area contributed by atoms with Crippen LogP contribution < -0.4 is 9.80 Å². The normalized spacial score (nSPS) is 13.1. The van der Waals surface area contributed by atoms with E-state index in [2.05, 4.69) is 94.7 Å². The van der Waals surface area contributed by atoms with E-state index in [1.54, 1.807) is 6.08 Å². The van der Waals surface area contributed by atoms with Gasteiger partial charge in [0.1, 0.15) is 5.82 Å². The van der Waals surface area contributed by atoms with Crippen LogP contribution in [0.2, 0.25) is 0 Å². The van der Waals surface area contributed by atoms with Gasteiger partial charge in [-0.3, -0.25) is 19.4 Å². The van der Waals surface area contributed by atoms with Crippen molar-refractivity contribution in [2.75, 3.05) is 9.80 Å². The molecule has 0 radical (unpaired) electrons. The fourth-order valence-corrected chi connectivity index (χ4v) is 9.48. The molecule has 1 aromatic heterocycles. The van der Waals surface area contributed by atoms with E-state index >= 15 is 0 Å². The molecule has 10 aromatic rings. The molecule has 0 unspecified atom stereocenters. The third-order valence-electron chi connectivity index (χ3n) is 12.5. The van der Waals surface area contributed by atoms with Crippen molar-refractivity contribution in [1.82, 2.24) is 9.97 Å². The van der Waals surface area contributed by atoms with Crippen molar-refractivity contribution in [2.24, 2.45) is 0 Å². The van der Waals surface area contributed by atoms with Crippen LogP contribution >= 0.6 is 0 Å². The Bertz CT molecular complexity index is 3280. The molecule has 0 atom stereocenters. The predicted molar refractivity (Wildman–Crippen MR) is 267 cm³/mol. The molecular formula is C60H38N4O2. The SMILES string of the molecule is O=C1C(=CC=C2N(c3c(-c4ccccc4)cccc3-c3ccccc3)c3nc4ccccc4nc3N2c2c(-c3ccccc3)cccc2-c2ccccc2)C(=O)c2cc3ccccc3cc21. The Morgan fingerprint density at radius 3 is 1.03 bits per heavy atom. The molecule has 6 nitrogen and oxygen atoms in total. The maximum atomic E-state index is 14.5. The molecule has 66 heavy (non-hydrogen) atoms. The zero-order valence-corrected chi connectivity index (χ0v) is 35.5. The van der Waals surface area contributed by atoms with Crippen LogP contribution in [-0.4, -0.2) is 21.5 Å². The lowest BCUT2D eigenvalue weighted by Gasteiger charge is -2.30. The van der Waals surface area contributed by atoms with Crippen LogP contribution in [0, 0.1) is 0 Å². The Morgan fingerprint density at radius 2 is 0.667 bits per heavy atom. The highest BCUT2D eigenvalue weighted by Gasteiger charge is 2.41. The maximum Gasteiger partial charge on any atom is 0.197 e. The number of anilines is 4. The molecule has 1 aliphatic carbocycles. The molecule has 2 aliphatic rings. The highest BCUT2D eigenvalue weighted by molar-refractivity contribution is 6.40. The fourth-order valence-electron chi connectivity index (χ4n) is 9.48. The molecule has 0 fully saturated rings. The molecule has 0 amide bonds. The predicted octanol–water partition coefficient (Wildman–Crippen LogP) is 14.6. The van der Waals surface area contributed by atoms with E-state index in [1.165, 1.54) is 0 Å². The first-order valence-electron chi connectivity index (χ1n) is 22.0. The average Bonchev–Trinajstić information content (AvgIpc) is 3.81. The van der Waals surface area contributed by atoms with E-state index in [0.717, 1.165) is 77.7 Å². The third kappa shape index (κ3) is 6.42. The summed E-state index contributed by atoms with van der Waals surface area (Å²) in [5.41, 5.74) is 12.0. The lowest BCUT2D eigenvalue weighted by atomic mass is 9.94. The van der Waals surface area contributed by atoms with E-state index in [1.807, 2.05) is 140 Å². The smallest absolute Gasteiger partial charge is 0.197 e. The molecule has 12 rings (SSSR count). The van der Waals surface area contributed by atoms with Crippen LogP contribution in [0.15, 0.2) is 242 Å². The lowest BCUT2D eigenvalue weighted by molar-refractivity contribution is 0.0988. The van der Waals surface area contributed by atoms with Crippen LogP contribution in [-0.2, 0) is 0 Å². The summed E-state index contributed by atoms with van der Waals surface area (Å²) < 4.78 is 0. The number of carbonyl (C=O) groups excluding carboxylic acids is 2. The minimum Gasteiger partial charge on any atom is -0.288 e. The minimum absolute atomic E-state index is 0.0917. The minimum atomic E-state index is -0.308. The number of fused-ring (bicyclic) bond motifs is 4. The van der Waals surface area contributed by atoms with Gasteiger partial charge in [-0.25, -0.2) is 9.97 Å². The standard InChI is InChI=1S/C60H38N4O2/c65-57-49(58(66)51-38-44-28-14-13-27-43(44)37-50(51)57)35-36-54-63(55-45(39-19-5-1-6-20-39)29-17-30-46(55)40-21-7-2-8-22-40)59-60(62-53-34-16-15-33-52(53)61-59)64(54)56-47(41-23-9-3-10-24-41)31-18-32-48(56)42-25-11-4-12-26-42/h1-38H. The first kappa shape index (κ1) is 38.7. The summed E-state index contributed by atoms with van der Waals surface area (Å²) in [6.45, 7) is 0. The molecule has 9 aromatic carbocycles. The van der Waals surface area contributed by atoms with Crippen LogP contribution in [0.5, 0.6) is 0 Å². The summed E-state index contributed by atoms with van der Waals surface area (Å²) in [4.78, 5) is 44.4. The maximum absolute atomic E-state index is 14.5. The van der Waals surface area contributed by atoms with Gasteiger partial charge in [-0.1, -0.05) is 194 Å². The molecule has 0 saturated carbocycles. The monoisotopic (exact) mass is 846 g/mol. The van der Waals surface area contributed by atoms with Gasteiger partial charge in [-0.2, -0.15) is 0 Å². The zero-order valence-electron chi connectivity index (χ0n) is 35.5. The van der Waals surface area contributed by atoms with Gasteiger partial charge in [0.2, 0.25) is 0 Å². The zero-order chi connectivity index (χ0) is 44.1. The van der Waals surface area contributed by atoms with E-state index in [-0.39, 0.29) is 17.1 Å². The van der Waals surface area contributed by atoms with E-state index in [4.69, 9.17) is 9.97 Å². The molecular weight excluding hydrogens is 809 g/mol. The second-order valence-electron chi connectivity index (χ2n) is 16.4. The van der Waals surface area contributed by atoms with Crippen molar-refractivity contribution in [3.05, 3.63) is 253 Å². The fraction of sp³-hybridized carbons (Fsp3) is 0. The molecule has 310 valence electrons. The van der Waals surface area contributed by atoms with Gasteiger partial charge >= 0.3 is 0 Å². The number of hydrogen-bond acceptors (Lipinski definition) is 6. The molecule has 2 heterocycles. The second-order valence-corrected chi connectivity index (χ2v) is 16.4. The highest BCUT2D eigenvalue weighted by Crippen LogP contribution is 2.56. The quantitative estimate of drug-likeness (QED) is 0.118. The number of allylic oxidation sites excluding steroid dienone is 3. The van der Waals surface area contributed by atoms with E-state index < -0.39 is 0 Å². The number of para-hydroxylation sites is 4. The number of ketones is 2. The molecule has 0 N–H and O–H groups in total. The Balaban J connectivity index is 1.21. The Morgan fingerprint density at radius 1 is 0.333 bits per heavy atom. The number of nitrogens with zero attached hydrogens (tertiary/aromatic N) is 4. The molecule has 6 heteroatoms. The van der Waals surface area contributed by atoms with Crippen molar-refractivity contribution in [1.29, 1.82) is 0 Å². The average molecular weight is 847 g/mol. The first-order chi connectivity index (χ1) is 32.6. The van der Waals surface area contributed by atoms with Crippen molar-refractivity contribution in [3.8, 4) is 44.5 Å². The van der Waals surface area contributed by atoms with Gasteiger partial charge in [0.05, 0.1) is 28.0 Å². The Labute approximate surface area is 381 Å². The van der Waals surface area contributed by atoms with Crippen molar-refractivity contribution in [2.45, 2.75) is 0 Å². The number of rotatable bonds is 7. The van der Waals surface area contributed by atoms with Gasteiger partial charge in [0.15, 0.2) is 23.2 Å². The first-order valence-corrected chi connectivity index (χ1v) is 22.0. The van der Waals surface area contributed by atoms with Crippen molar-refractivity contribution in [3.63, 3.8) is 0 Å². The summed E-state index contributed by atoms with van der Waals surface area (Å²) in [5, 5.41) is 1.81. The Kier molecular flexibility index (Phi) is 9.35. The van der Waals surface area contributed by atoms with Crippen molar-refractivity contribution >= 4 is 56.4 Å². The van der Waals surface area contributed by atoms with Gasteiger partial charge in [-0.05, 0) is 69.4 Å². The van der Waals surface area contributed by atoms with Gasteiger partial charge in [0, 0.05) is 33.4 Å². The lowest BCUT2D eigenvalue weighted by Crippen LogP contribution is -2.24. The van der Waals surface area contributed by atoms with Crippen LogP contribution in [0.3, 0.4) is 0 Å². The number of carbonyl (C=O) groups is 2. The molecule has 0 bridgehead atoms. The second kappa shape index (κ2) is 16.0. The third-order valence-corrected chi connectivity index (χ3v) is 12.5. The van der Waals surface area contributed by atoms with Crippen LogP contribution in [0.25, 0.3) is 66.3 Å². The van der Waals surface area contributed by atoms with Gasteiger partial charge < -0.3 is 0 Å². The number of hydrogen-bond donors (Lipinski definition) is 0. The summed E-state index contributed by atoms with van der Waals surface area (Å²) in [6.07, 6.45) is 3.62. The molecule has 1 aliphatic heterocycles. The topological polar surface area (TPSA) is 66.4 Å². The highest BCUT2D eigenvalue weighted by atomic mass is 16.2. The summed E-state index contributed by atoms with van der Waals surface area (Å²) >= 11 is 0. The van der Waals surface area contributed by atoms with Crippen LogP contribution in [0.4, 0.5) is 23.0 Å².